The highest BCUT2D eigenvalue weighted by atomic mass is 32.2. The van der Waals surface area contributed by atoms with Crippen LogP contribution in [0.4, 0.5) is 5.69 Å². The number of rotatable bonds is 6. The molecule has 30 heavy (non-hydrogen) atoms. The van der Waals surface area contributed by atoms with Crippen molar-refractivity contribution in [2.75, 3.05) is 17.6 Å². The van der Waals surface area contributed by atoms with E-state index in [9.17, 15) is 9.59 Å². The van der Waals surface area contributed by atoms with E-state index in [0.29, 0.717) is 17.9 Å². The molecule has 1 atom stereocenters. The molecule has 2 amide bonds. The Balaban J connectivity index is 1.44. The molecule has 1 N–H and O–H groups in total. The molecule has 0 aliphatic carbocycles. The molecule has 0 spiro atoms. The van der Waals surface area contributed by atoms with Crippen LogP contribution < -0.4 is 5.32 Å². The molecule has 4 nitrogen and oxygen atoms in total. The zero-order valence-corrected chi connectivity index (χ0v) is 17.7. The minimum atomic E-state index is -0.132. The lowest BCUT2D eigenvalue weighted by molar-refractivity contribution is -0.128. The summed E-state index contributed by atoms with van der Waals surface area (Å²) >= 11 is 1.64. The summed E-state index contributed by atoms with van der Waals surface area (Å²) in [5.74, 6) is 0.531. The lowest BCUT2D eigenvalue weighted by Crippen LogP contribution is -2.30. The molecule has 0 bridgehead atoms. The SMILES string of the molecule is Cc1ccccc1NC(=O)c1ccc([C@@H]2SCC(=O)N2CCc2ccccc2)cc1. The van der Waals surface area contributed by atoms with Crippen molar-refractivity contribution in [2.45, 2.75) is 18.7 Å². The Morgan fingerprint density at radius 3 is 2.43 bits per heavy atom. The monoisotopic (exact) mass is 416 g/mol. The summed E-state index contributed by atoms with van der Waals surface area (Å²) in [6, 6.07) is 25.5. The van der Waals surface area contributed by atoms with Crippen molar-refractivity contribution in [3.05, 3.63) is 101 Å². The summed E-state index contributed by atoms with van der Waals surface area (Å²) in [4.78, 5) is 27.0. The predicted octanol–water partition coefficient (Wildman–Crippen LogP) is 5.06. The normalized spacial score (nSPS) is 16.0. The molecule has 3 aromatic rings. The fraction of sp³-hybridized carbons (Fsp3) is 0.200. The van der Waals surface area contributed by atoms with Gasteiger partial charge in [-0.1, -0.05) is 60.7 Å². The summed E-state index contributed by atoms with van der Waals surface area (Å²) in [6.07, 6.45) is 0.834. The van der Waals surface area contributed by atoms with Crippen molar-refractivity contribution in [1.29, 1.82) is 0 Å². The fourth-order valence-corrected chi connectivity index (χ4v) is 4.79. The molecule has 1 aliphatic heterocycles. The summed E-state index contributed by atoms with van der Waals surface area (Å²) < 4.78 is 0. The van der Waals surface area contributed by atoms with Gasteiger partial charge in [0.05, 0.1) is 5.75 Å². The second-order valence-corrected chi connectivity index (χ2v) is 8.45. The van der Waals surface area contributed by atoms with Crippen molar-refractivity contribution in [2.24, 2.45) is 0 Å². The van der Waals surface area contributed by atoms with Crippen LogP contribution in [-0.2, 0) is 11.2 Å². The predicted molar refractivity (Wildman–Crippen MR) is 123 cm³/mol. The molecule has 152 valence electrons. The number of para-hydroxylation sites is 1. The maximum Gasteiger partial charge on any atom is 0.255 e. The van der Waals surface area contributed by atoms with Gasteiger partial charge in [0.2, 0.25) is 5.91 Å². The average Bonchev–Trinajstić information content (AvgIpc) is 3.15. The number of carbonyl (C=O) groups excluding carboxylic acids is 2. The van der Waals surface area contributed by atoms with Crippen molar-refractivity contribution in [3.8, 4) is 0 Å². The molecule has 0 aromatic heterocycles. The Morgan fingerprint density at radius 2 is 1.70 bits per heavy atom. The van der Waals surface area contributed by atoms with E-state index in [2.05, 4.69) is 17.4 Å². The molecule has 1 aliphatic rings. The minimum Gasteiger partial charge on any atom is -0.326 e. The zero-order valence-electron chi connectivity index (χ0n) is 16.9. The van der Waals surface area contributed by atoms with Crippen molar-refractivity contribution >= 4 is 29.3 Å². The van der Waals surface area contributed by atoms with Crippen molar-refractivity contribution in [3.63, 3.8) is 0 Å². The number of carbonyl (C=O) groups is 2. The third-order valence-electron chi connectivity index (χ3n) is 5.30. The standard InChI is InChI=1S/C25H24N2O2S/c1-18-7-5-6-10-22(18)26-24(29)20-11-13-21(14-12-20)25-27(23(28)17-30-25)16-15-19-8-3-2-4-9-19/h2-14,25H,15-17H2,1H3,(H,26,29)/t25-/m0/s1. The number of anilines is 1. The van der Waals surface area contributed by atoms with Crippen LogP contribution in [0, 0.1) is 6.92 Å². The Kier molecular flexibility index (Phi) is 6.19. The van der Waals surface area contributed by atoms with Gasteiger partial charge in [0, 0.05) is 17.8 Å². The Hall–Kier alpha value is -3.05. The first-order valence-corrected chi connectivity index (χ1v) is 11.1. The van der Waals surface area contributed by atoms with Gasteiger partial charge in [-0.15, -0.1) is 11.8 Å². The number of hydrogen-bond acceptors (Lipinski definition) is 3. The topological polar surface area (TPSA) is 49.4 Å². The molecule has 1 fully saturated rings. The van der Waals surface area contributed by atoms with Crippen molar-refractivity contribution < 1.29 is 9.59 Å². The van der Waals surface area contributed by atoms with Gasteiger partial charge in [-0.3, -0.25) is 9.59 Å². The molecule has 4 rings (SSSR count). The van der Waals surface area contributed by atoms with E-state index in [0.717, 1.165) is 23.2 Å². The smallest absolute Gasteiger partial charge is 0.255 e. The first-order valence-electron chi connectivity index (χ1n) is 10.0. The summed E-state index contributed by atoms with van der Waals surface area (Å²) in [5.41, 5.74) is 4.72. The van der Waals surface area contributed by atoms with Crippen LogP contribution in [0.25, 0.3) is 0 Å². The van der Waals surface area contributed by atoms with Crippen LogP contribution in [0.1, 0.15) is 32.4 Å². The van der Waals surface area contributed by atoms with Gasteiger partial charge < -0.3 is 10.2 Å². The quantitative estimate of drug-likeness (QED) is 0.611. The van der Waals surface area contributed by atoms with E-state index in [1.807, 2.05) is 78.6 Å². The molecule has 0 unspecified atom stereocenters. The Bertz CT molecular complexity index is 1030. The highest BCUT2D eigenvalue weighted by molar-refractivity contribution is 8.00. The molecule has 1 heterocycles. The third-order valence-corrected chi connectivity index (χ3v) is 6.56. The van der Waals surface area contributed by atoms with E-state index in [4.69, 9.17) is 0 Å². The zero-order chi connectivity index (χ0) is 20.9. The number of hydrogen-bond donors (Lipinski definition) is 1. The van der Waals surface area contributed by atoms with Crippen molar-refractivity contribution in [1.82, 2.24) is 4.90 Å². The maximum absolute atomic E-state index is 12.6. The minimum absolute atomic E-state index is 0.00492. The average molecular weight is 417 g/mol. The van der Waals surface area contributed by atoms with E-state index in [1.54, 1.807) is 11.8 Å². The molecular formula is C25H24N2O2S. The van der Waals surface area contributed by atoms with Crippen LogP contribution in [0.15, 0.2) is 78.9 Å². The van der Waals surface area contributed by atoms with E-state index in [-0.39, 0.29) is 17.2 Å². The third kappa shape index (κ3) is 4.57. The highest BCUT2D eigenvalue weighted by Gasteiger charge is 2.32. The largest absolute Gasteiger partial charge is 0.326 e. The molecule has 0 radical (unpaired) electrons. The number of nitrogens with zero attached hydrogens (tertiary/aromatic N) is 1. The Labute approximate surface area is 181 Å². The number of thioether (sulfide) groups is 1. The first kappa shape index (κ1) is 20.2. The van der Waals surface area contributed by atoms with Crippen LogP contribution in [0.2, 0.25) is 0 Å². The van der Waals surface area contributed by atoms with Crippen LogP contribution in [0.5, 0.6) is 0 Å². The van der Waals surface area contributed by atoms with Crippen LogP contribution in [-0.4, -0.2) is 29.0 Å². The van der Waals surface area contributed by atoms with Gasteiger partial charge in [0.15, 0.2) is 0 Å². The number of benzene rings is 3. The molecular weight excluding hydrogens is 392 g/mol. The number of amides is 2. The maximum atomic E-state index is 12.6. The number of aryl methyl sites for hydroxylation is 1. The lowest BCUT2D eigenvalue weighted by Gasteiger charge is -2.24. The molecule has 1 saturated heterocycles. The van der Waals surface area contributed by atoms with E-state index < -0.39 is 0 Å². The fourth-order valence-electron chi connectivity index (χ4n) is 3.57. The van der Waals surface area contributed by atoms with Gasteiger partial charge >= 0.3 is 0 Å². The van der Waals surface area contributed by atoms with Gasteiger partial charge in [0.1, 0.15) is 5.37 Å². The second kappa shape index (κ2) is 9.18. The van der Waals surface area contributed by atoms with Crippen LogP contribution in [0.3, 0.4) is 0 Å². The highest BCUT2D eigenvalue weighted by Crippen LogP contribution is 2.38. The second-order valence-electron chi connectivity index (χ2n) is 7.38. The summed E-state index contributed by atoms with van der Waals surface area (Å²) in [5, 5.41) is 2.96. The Morgan fingerprint density at radius 1 is 1.00 bits per heavy atom. The van der Waals surface area contributed by atoms with Gasteiger partial charge in [-0.25, -0.2) is 0 Å². The van der Waals surface area contributed by atoms with Gasteiger partial charge in [-0.2, -0.15) is 0 Å². The van der Waals surface area contributed by atoms with Gasteiger partial charge in [-0.05, 0) is 48.2 Å². The lowest BCUT2D eigenvalue weighted by atomic mass is 10.1. The van der Waals surface area contributed by atoms with E-state index in [1.165, 1.54) is 5.56 Å². The number of nitrogens with one attached hydrogen (secondary N) is 1. The molecule has 5 heteroatoms. The summed E-state index contributed by atoms with van der Waals surface area (Å²) in [7, 11) is 0. The molecule has 3 aromatic carbocycles. The molecule has 0 saturated carbocycles. The van der Waals surface area contributed by atoms with Crippen LogP contribution >= 0.6 is 11.8 Å². The summed E-state index contributed by atoms with van der Waals surface area (Å²) in [6.45, 7) is 2.66. The van der Waals surface area contributed by atoms with Gasteiger partial charge in [0.25, 0.3) is 5.91 Å². The first-order chi connectivity index (χ1) is 14.6. The van der Waals surface area contributed by atoms with E-state index >= 15 is 0 Å².